The van der Waals surface area contributed by atoms with Crippen molar-refractivity contribution in [2.75, 3.05) is 6.26 Å². The average Bonchev–Trinajstić information content (AvgIpc) is 3.00. The number of amides is 1. The van der Waals surface area contributed by atoms with E-state index in [1.807, 2.05) is 6.26 Å². The van der Waals surface area contributed by atoms with Gasteiger partial charge in [-0.2, -0.15) is 4.98 Å². The largest absolute Gasteiger partial charge is 0.459 e. The first-order valence-electron chi connectivity index (χ1n) is 5.85. The minimum Gasteiger partial charge on any atom is -0.459 e. The molecular weight excluding hydrogens is 373 g/mol. The molecule has 0 bridgehead atoms. The first kappa shape index (κ1) is 17.2. The first-order valence-corrected chi connectivity index (χ1v) is 8.21. The van der Waals surface area contributed by atoms with Gasteiger partial charge in [0.05, 0.1) is 6.26 Å². The predicted molar refractivity (Wildman–Crippen MR) is 84.7 cm³/mol. The number of nitrogens with zero attached hydrogens (tertiary/aromatic N) is 2. The number of carbonyl (C=O) groups is 1. The Hall–Kier alpha value is -1.15. The third kappa shape index (κ3) is 4.67. The molecular formula is C12H10Cl3N3O3S. The number of alkyl halides is 3. The standard InChI is InChI=1S/C12H10Cl3N3O3S/c1-22-11-16-5-4-8(17-11)21-10(12(13,14)15)18-9(19)7-3-2-6-20-7/h2-6,10H,1H3,(H,18,19). The number of thioether (sulfide) groups is 1. The summed E-state index contributed by atoms with van der Waals surface area (Å²) >= 11 is 18.8. The van der Waals surface area contributed by atoms with Crippen LogP contribution in [0.1, 0.15) is 10.6 Å². The van der Waals surface area contributed by atoms with Gasteiger partial charge in [0.2, 0.25) is 15.9 Å². The van der Waals surface area contributed by atoms with Gasteiger partial charge in [-0.15, -0.1) is 0 Å². The van der Waals surface area contributed by atoms with Gasteiger partial charge in [-0.25, -0.2) is 4.98 Å². The van der Waals surface area contributed by atoms with Crippen LogP contribution in [-0.4, -0.2) is 32.2 Å². The second kappa shape index (κ2) is 7.41. The van der Waals surface area contributed by atoms with Crippen LogP contribution in [0.2, 0.25) is 0 Å². The molecule has 0 aliphatic carbocycles. The Morgan fingerprint density at radius 1 is 1.45 bits per heavy atom. The number of carbonyl (C=O) groups excluding carboxylic acids is 1. The molecule has 0 aliphatic heterocycles. The van der Waals surface area contributed by atoms with Gasteiger partial charge < -0.3 is 14.5 Å². The van der Waals surface area contributed by atoms with Crippen molar-refractivity contribution in [1.29, 1.82) is 0 Å². The fourth-order valence-corrected chi connectivity index (χ4v) is 2.03. The Morgan fingerprint density at radius 2 is 2.23 bits per heavy atom. The molecule has 22 heavy (non-hydrogen) atoms. The van der Waals surface area contributed by atoms with Gasteiger partial charge in [0.1, 0.15) is 0 Å². The van der Waals surface area contributed by atoms with Crippen molar-refractivity contribution < 1.29 is 13.9 Å². The highest BCUT2D eigenvalue weighted by Crippen LogP contribution is 2.32. The normalized spacial score (nSPS) is 12.7. The maximum Gasteiger partial charge on any atom is 0.289 e. The van der Waals surface area contributed by atoms with Crippen molar-refractivity contribution in [3.8, 4) is 5.88 Å². The molecule has 1 unspecified atom stereocenters. The average molecular weight is 383 g/mol. The topological polar surface area (TPSA) is 77.2 Å². The monoisotopic (exact) mass is 381 g/mol. The summed E-state index contributed by atoms with van der Waals surface area (Å²) in [6.07, 6.45) is 3.40. The van der Waals surface area contributed by atoms with Crippen LogP contribution < -0.4 is 10.1 Å². The summed E-state index contributed by atoms with van der Waals surface area (Å²) in [5.41, 5.74) is 0. The van der Waals surface area contributed by atoms with Crippen molar-refractivity contribution >= 4 is 52.5 Å². The molecule has 0 spiro atoms. The first-order chi connectivity index (χ1) is 10.4. The lowest BCUT2D eigenvalue weighted by atomic mass is 10.4. The molecule has 1 atom stereocenters. The maximum absolute atomic E-state index is 12.0. The van der Waals surface area contributed by atoms with Crippen molar-refractivity contribution in [2.45, 2.75) is 15.2 Å². The molecule has 2 rings (SSSR count). The van der Waals surface area contributed by atoms with Crippen molar-refractivity contribution in [3.05, 3.63) is 36.4 Å². The molecule has 0 saturated heterocycles. The van der Waals surface area contributed by atoms with Crippen LogP contribution in [0.15, 0.2) is 40.2 Å². The molecule has 0 aromatic carbocycles. The number of hydrogen-bond donors (Lipinski definition) is 1. The van der Waals surface area contributed by atoms with E-state index >= 15 is 0 Å². The number of furan rings is 1. The lowest BCUT2D eigenvalue weighted by molar-refractivity contribution is 0.0797. The Morgan fingerprint density at radius 3 is 2.82 bits per heavy atom. The Bertz CT molecular complexity index is 634. The second-order valence-corrected chi connectivity index (χ2v) is 7.01. The minimum atomic E-state index is -1.91. The van der Waals surface area contributed by atoms with Gasteiger partial charge in [0, 0.05) is 12.3 Å². The SMILES string of the molecule is CSc1nccc(OC(NC(=O)c2ccco2)C(Cl)(Cl)Cl)n1. The highest BCUT2D eigenvalue weighted by atomic mass is 35.6. The highest BCUT2D eigenvalue weighted by Gasteiger charge is 2.37. The minimum absolute atomic E-state index is 0.0651. The molecule has 0 aliphatic rings. The van der Waals surface area contributed by atoms with Crippen molar-refractivity contribution in [2.24, 2.45) is 0 Å². The van der Waals surface area contributed by atoms with Crippen LogP contribution in [0, 0.1) is 0 Å². The fraction of sp³-hybridized carbons (Fsp3) is 0.250. The summed E-state index contributed by atoms with van der Waals surface area (Å²) in [6, 6.07) is 4.53. The van der Waals surface area contributed by atoms with E-state index in [0.29, 0.717) is 5.16 Å². The number of halogens is 3. The van der Waals surface area contributed by atoms with Crippen LogP contribution in [-0.2, 0) is 0 Å². The van der Waals surface area contributed by atoms with E-state index in [4.69, 9.17) is 44.0 Å². The zero-order valence-electron chi connectivity index (χ0n) is 11.1. The summed E-state index contributed by atoms with van der Waals surface area (Å²) in [6.45, 7) is 0. The Kier molecular flexibility index (Phi) is 5.80. The van der Waals surface area contributed by atoms with Crippen molar-refractivity contribution in [3.63, 3.8) is 0 Å². The van der Waals surface area contributed by atoms with Crippen molar-refractivity contribution in [1.82, 2.24) is 15.3 Å². The smallest absolute Gasteiger partial charge is 0.289 e. The molecule has 2 aromatic rings. The van der Waals surface area contributed by atoms with Crippen LogP contribution in [0.5, 0.6) is 5.88 Å². The molecule has 2 heterocycles. The van der Waals surface area contributed by atoms with Gasteiger partial charge >= 0.3 is 0 Å². The summed E-state index contributed by atoms with van der Waals surface area (Å²) in [7, 11) is 0. The summed E-state index contributed by atoms with van der Waals surface area (Å²) in [5, 5.41) is 2.91. The number of rotatable bonds is 5. The van der Waals surface area contributed by atoms with E-state index in [9.17, 15) is 4.79 Å². The third-order valence-electron chi connectivity index (χ3n) is 2.33. The van der Waals surface area contributed by atoms with Crippen LogP contribution >= 0.6 is 46.6 Å². The lowest BCUT2D eigenvalue weighted by Gasteiger charge is -2.25. The number of nitrogens with one attached hydrogen (secondary N) is 1. The number of hydrogen-bond acceptors (Lipinski definition) is 6. The zero-order chi connectivity index (χ0) is 16.2. The molecule has 1 amide bonds. The van der Waals surface area contributed by atoms with Crippen LogP contribution in [0.3, 0.4) is 0 Å². The number of ether oxygens (including phenoxy) is 1. The number of aromatic nitrogens is 2. The van der Waals surface area contributed by atoms with Gasteiger partial charge in [0.15, 0.2) is 10.9 Å². The Labute approximate surface area is 145 Å². The second-order valence-electron chi connectivity index (χ2n) is 3.87. The quantitative estimate of drug-likeness (QED) is 0.370. The van der Waals surface area contributed by atoms with Gasteiger partial charge in [0.25, 0.3) is 5.91 Å². The van der Waals surface area contributed by atoms with Crippen LogP contribution in [0.4, 0.5) is 0 Å². The van der Waals surface area contributed by atoms with E-state index in [1.165, 1.54) is 36.4 Å². The molecule has 10 heteroatoms. The zero-order valence-corrected chi connectivity index (χ0v) is 14.2. The van der Waals surface area contributed by atoms with Gasteiger partial charge in [-0.1, -0.05) is 46.6 Å². The molecule has 0 fully saturated rings. The van der Waals surface area contributed by atoms with E-state index in [0.717, 1.165) is 0 Å². The molecule has 2 aromatic heterocycles. The fourth-order valence-electron chi connectivity index (χ4n) is 1.39. The molecule has 6 nitrogen and oxygen atoms in total. The molecule has 0 radical (unpaired) electrons. The Balaban J connectivity index is 2.14. The lowest BCUT2D eigenvalue weighted by Crippen LogP contribution is -2.47. The summed E-state index contributed by atoms with van der Waals surface area (Å²) in [5.74, 6) is -0.355. The van der Waals surface area contributed by atoms with E-state index in [-0.39, 0.29) is 11.6 Å². The molecule has 1 N–H and O–H groups in total. The predicted octanol–water partition coefficient (Wildman–Crippen LogP) is 3.30. The van der Waals surface area contributed by atoms with E-state index < -0.39 is 15.9 Å². The van der Waals surface area contributed by atoms with E-state index in [1.54, 1.807) is 6.07 Å². The van der Waals surface area contributed by atoms with Gasteiger partial charge in [-0.05, 0) is 18.4 Å². The summed E-state index contributed by atoms with van der Waals surface area (Å²) < 4.78 is 8.52. The molecule has 0 saturated carbocycles. The maximum atomic E-state index is 12.0. The summed E-state index contributed by atoms with van der Waals surface area (Å²) in [4.78, 5) is 20.1. The molecule has 118 valence electrons. The van der Waals surface area contributed by atoms with Gasteiger partial charge in [-0.3, -0.25) is 4.79 Å². The highest BCUT2D eigenvalue weighted by molar-refractivity contribution is 7.98. The van der Waals surface area contributed by atoms with E-state index in [2.05, 4.69) is 15.3 Å². The third-order valence-corrected chi connectivity index (χ3v) is 3.49. The van der Waals surface area contributed by atoms with Crippen LogP contribution in [0.25, 0.3) is 0 Å².